The number of piperidine rings is 1. The molecule has 2 aromatic rings. The Morgan fingerprint density at radius 2 is 2.04 bits per heavy atom. The van der Waals surface area contributed by atoms with Gasteiger partial charge in [0.25, 0.3) is 0 Å². The normalized spacial score (nSPS) is 18.7. The molecule has 5 heteroatoms. The third-order valence-corrected chi connectivity index (χ3v) is 6.95. The van der Waals surface area contributed by atoms with E-state index in [0.29, 0.717) is 12.5 Å². The van der Waals surface area contributed by atoms with Crippen LogP contribution in [0.15, 0.2) is 35.7 Å². The molecule has 0 bridgehead atoms. The van der Waals surface area contributed by atoms with E-state index in [1.54, 1.807) is 4.88 Å². The van der Waals surface area contributed by atoms with E-state index < -0.39 is 0 Å². The Bertz CT molecular complexity index is 767. The SMILES string of the molecule is O=C(CCc1cccc(Cl)c1)N1CCC(N2CCc3sccc3C2)CC1. The van der Waals surface area contributed by atoms with Crippen molar-refractivity contribution in [3.8, 4) is 0 Å². The Labute approximate surface area is 164 Å². The summed E-state index contributed by atoms with van der Waals surface area (Å²) in [7, 11) is 0. The molecule has 1 amide bonds. The molecule has 26 heavy (non-hydrogen) atoms. The minimum absolute atomic E-state index is 0.280. The molecule has 1 fully saturated rings. The first-order chi connectivity index (χ1) is 12.7. The van der Waals surface area contributed by atoms with Crippen LogP contribution in [-0.4, -0.2) is 41.4 Å². The van der Waals surface area contributed by atoms with Crippen LogP contribution < -0.4 is 0 Å². The fourth-order valence-corrected chi connectivity index (χ4v) is 5.27. The summed E-state index contributed by atoms with van der Waals surface area (Å²) in [6.45, 7) is 4.05. The summed E-state index contributed by atoms with van der Waals surface area (Å²) in [6, 6.07) is 10.7. The summed E-state index contributed by atoms with van der Waals surface area (Å²) in [5, 5.41) is 2.96. The smallest absolute Gasteiger partial charge is 0.222 e. The molecule has 0 spiro atoms. The number of nitrogens with zero attached hydrogens (tertiary/aromatic N) is 2. The Hall–Kier alpha value is -1.36. The quantitative estimate of drug-likeness (QED) is 0.775. The van der Waals surface area contributed by atoms with Gasteiger partial charge in [-0.05, 0) is 60.4 Å². The lowest BCUT2D eigenvalue weighted by molar-refractivity contribution is -0.132. The van der Waals surface area contributed by atoms with Crippen LogP contribution in [0.5, 0.6) is 0 Å². The molecule has 0 radical (unpaired) electrons. The third-order valence-electron chi connectivity index (χ3n) is 5.69. The molecule has 0 saturated carbocycles. The Balaban J connectivity index is 1.25. The van der Waals surface area contributed by atoms with Crippen molar-refractivity contribution < 1.29 is 4.79 Å². The van der Waals surface area contributed by atoms with Gasteiger partial charge >= 0.3 is 0 Å². The second kappa shape index (κ2) is 8.12. The Kier molecular flexibility index (Phi) is 5.63. The number of rotatable bonds is 4. The number of hydrogen-bond acceptors (Lipinski definition) is 3. The van der Waals surface area contributed by atoms with Crippen LogP contribution in [0.2, 0.25) is 5.02 Å². The Morgan fingerprint density at radius 3 is 2.85 bits per heavy atom. The molecule has 2 aliphatic heterocycles. The van der Waals surface area contributed by atoms with Gasteiger partial charge in [0.15, 0.2) is 0 Å². The highest BCUT2D eigenvalue weighted by Crippen LogP contribution is 2.28. The molecule has 2 aliphatic rings. The first-order valence-electron chi connectivity index (χ1n) is 9.50. The third kappa shape index (κ3) is 4.13. The maximum Gasteiger partial charge on any atom is 0.222 e. The van der Waals surface area contributed by atoms with Gasteiger partial charge in [-0.25, -0.2) is 0 Å². The van der Waals surface area contributed by atoms with Gasteiger partial charge < -0.3 is 4.90 Å². The fourth-order valence-electron chi connectivity index (χ4n) is 4.16. The maximum absolute atomic E-state index is 12.5. The topological polar surface area (TPSA) is 23.6 Å². The molecular weight excluding hydrogens is 364 g/mol. The largest absolute Gasteiger partial charge is 0.343 e. The van der Waals surface area contributed by atoms with E-state index in [4.69, 9.17) is 11.6 Å². The minimum atomic E-state index is 0.280. The van der Waals surface area contributed by atoms with Gasteiger partial charge in [-0.2, -0.15) is 0 Å². The van der Waals surface area contributed by atoms with E-state index in [1.807, 2.05) is 35.6 Å². The number of carbonyl (C=O) groups excluding carboxylic acids is 1. The summed E-state index contributed by atoms with van der Waals surface area (Å²) in [6.07, 6.45) is 4.73. The van der Waals surface area contributed by atoms with Crippen molar-refractivity contribution in [3.05, 3.63) is 56.7 Å². The van der Waals surface area contributed by atoms with E-state index in [-0.39, 0.29) is 5.91 Å². The molecule has 4 rings (SSSR count). The number of hydrogen-bond donors (Lipinski definition) is 0. The molecule has 0 aliphatic carbocycles. The van der Waals surface area contributed by atoms with Crippen molar-refractivity contribution in [3.63, 3.8) is 0 Å². The summed E-state index contributed by atoms with van der Waals surface area (Å²) in [5.74, 6) is 0.280. The average molecular weight is 389 g/mol. The van der Waals surface area contributed by atoms with Crippen LogP contribution in [0.25, 0.3) is 0 Å². The number of benzene rings is 1. The second-order valence-corrected chi connectivity index (χ2v) is 8.77. The molecule has 0 N–H and O–H groups in total. The lowest BCUT2D eigenvalue weighted by atomic mass is 9.99. The van der Waals surface area contributed by atoms with Gasteiger partial charge in [-0.1, -0.05) is 23.7 Å². The predicted molar refractivity (Wildman–Crippen MR) is 108 cm³/mol. The summed E-state index contributed by atoms with van der Waals surface area (Å²) in [5.41, 5.74) is 2.65. The highest BCUT2D eigenvalue weighted by atomic mass is 35.5. The maximum atomic E-state index is 12.5. The van der Waals surface area contributed by atoms with Crippen molar-refractivity contribution in [2.45, 2.75) is 44.7 Å². The molecule has 1 aromatic carbocycles. The predicted octanol–water partition coefficient (Wildman–Crippen LogP) is 4.38. The van der Waals surface area contributed by atoms with Crippen molar-refractivity contribution in [1.82, 2.24) is 9.80 Å². The molecule has 3 heterocycles. The number of thiophene rings is 1. The number of halogens is 1. The van der Waals surface area contributed by atoms with Crippen molar-refractivity contribution in [2.75, 3.05) is 19.6 Å². The van der Waals surface area contributed by atoms with Crippen molar-refractivity contribution >= 4 is 28.8 Å². The zero-order chi connectivity index (χ0) is 17.9. The summed E-state index contributed by atoms with van der Waals surface area (Å²) < 4.78 is 0. The van der Waals surface area contributed by atoms with E-state index in [1.165, 1.54) is 18.5 Å². The van der Waals surface area contributed by atoms with E-state index in [2.05, 4.69) is 21.2 Å². The van der Waals surface area contributed by atoms with Crippen LogP contribution in [-0.2, 0) is 24.2 Å². The van der Waals surface area contributed by atoms with Gasteiger partial charge in [0.1, 0.15) is 0 Å². The van der Waals surface area contributed by atoms with Gasteiger partial charge in [0, 0.05) is 48.5 Å². The number of fused-ring (bicyclic) bond motifs is 1. The number of carbonyl (C=O) groups is 1. The lowest BCUT2D eigenvalue weighted by Crippen LogP contribution is -2.47. The molecule has 3 nitrogen and oxygen atoms in total. The van der Waals surface area contributed by atoms with Crippen LogP contribution in [0.3, 0.4) is 0 Å². The van der Waals surface area contributed by atoms with Gasteiger partial charge in [-0.15, -0.1) is 11.3 Å². The highest BCUT2D eigenvalue weighted by molar-refractivity contribution is 7.10. The molecular formula is C21H25ClN2OS. The standard InChI is InChI=1S/C21H25ClN2OS/c22-18-3-1-2-16(14-18)4-5-21(25)23-10-6-19(7-11-23)24-12-8-20-17(15-24)9-13-26-20/h1-3,9,13-14,19H,4-8,10-12,15H2. The van der Waals surface area contributed by atoms with Crippen molar-refractivity contribution in [2.24, 2.45) is 0 Å². The van der Waals surface area contributed by atoms with Crippen LogP contribution in [0.1, 0.15) is 35.3 Å². The molecule has 0 atom stereocenters. The number of aryl methyl sites for hydroxylation is 1. The van der Waals surface area contributed by atoms with Crippen LogP contribution in [0, 0.1) is 0 Å². The van der Waals surface area contributed by atoms with Gasteiger partial charge in [-0.3, -0.25) is 9.69 Å². The fraction of sp³-hybridized carbons (Fsp3) is 0.476. The van der Waals surface area contributed by atoms with E-state index in [0.717, 1.165) is 49.5 Å². The molecule has 1 saturated heterocycles. The first kappa shape index (κ1) is 18.0. The number of likely N-dealkylation sites (tertiary alicyclic amines) is 1. The monoisotopic (exact) mass is 388 g/mol. The average Bonchev–Trinajstić information content (AvgIpc) is 3.14. The summed E-state index contributed by atoms with van der Waals surface area (Å²) >= 11 is 7.92. The molecule has 138 valence electrons. The Morgan fingerprint density at radius 1 is 1.19 bits per heavy atom. The van der Waals surface area contributed by atoms with Gasteiger partial charge in [0.2, 0.25) is 5.91 Å². The summed E-state index contributed by atoms with van der Waals surface area (Å²) in [4.78, 5) is 18.8. The van der Waals surface area contributed by atoms with Crippen LogP contribution in [0.4, 0.5) is 0 Å². The number of amides is 1. The minimum Gasteiger partial charge on any atom is -0.343 e. The highest BCUT2D eigenvalue weighted by Gasteiger charge is 2.29. The molecule has 1 aromatic heterocycles. The van der Waals surface area contributed by atoms with Crippen LogP contribution >= 0.6 is 22.9 Å². The second-order valence-electron chi connectivity index (χ2n) is 7.33. The lowest BCUT2D eigenvalue weighted by Gasteiger charge is -2.40. The van der Waals surface area contributed by atoms with Crippen molar-refractivity contribution in [1.29, 1.82) is 0 Å². The van der Waals surface area contributed by atoms with E-state index in [9.17, 15) is 4.79 Å². The zero-order valence-corrected chi connectivity index (χ0v) is 16.6. The van der Waals surface area contributed by atoms with E-state index >= 15 is 0 Å². The van der Waals surface area contributed by atoms with Gasteiger partial charge in [0.05, 0.1) is 0 Å². The first-order valence-corrected chi connectivity index (χ1v) is 10.8. The zero-order valence-electron chi connectivity index (χ0n) is 15.0. The molecule has 0 unspecified atom stereocenters.